The topological polar surface area (TPSA) is 20.2 Å². The molecule has 4 rings (SSSR count). The van der Waals surface area contributed by atoms with Gasteiger partial charge in [-0.1, -0.05) is 36.8 Å². The predicted molar refractivity (Wildman–Crippen MR) is 72.3 cm³/mol. The minimum atomic E-state index is 0.295. The second-order valence-electron chi connectivity index (χ2n) is 6.83. The average Bonchev–Trinajstić information content (AvgIpc) is 2.99. The van der Waals surface area contributed by atoms with Crippen LogP contribution >= 0.6 is 0 Å². The van der Waals surface area contributed by atoms with Gasteiger partial charge in [0.2, 0.25) is 0 Å². The quantitative estimate of drug-likeness (QED) is 0.859. The molecule has 0 saturated heterocycles. The second kappa shape index (κ2) is 3.84. The molecule has 0 amide bonds. The van der Waals surface area contributed by atoms with E-state index < -0.39 is 0 Å². The van der Waals surface area contributed by atoms with E-state index in [1.807, 2.05) is 0 Å². The van der Waals surface area contributed by atoms with E-state index in [0.717, 1.165) is 23.7 Å². The molecular weight excluding hydrogens is 220 g/mol. The van der Waals surface area contributed by atoms with Gasteiger partial charge in [-0.05, 0) is 60.3 Å². The summed E-state index contributed by atoms with van der Waals surface area (Å²) in [6, 6.07) is 10.9. The molecule has 1 aromatic carbocycles. The Morgan fingerprint density at radius 3 is 2.56 bits per heavy atom. The Bertz CT molecular complexity index is 440. The summed E-state index contributed by atoms with van der Waals surface area (Å²) in [5, 5.41) is 10.0. The number of hydrogen-bond acceptors (Lipinski definition) is 1. The summed E-state index contributed by atoms with van der Waals surface area (Å²) >= 11 is 0. The molecule has 0 aliphatic heterocycles. The Labute approximate surface area is 109 Å². The van der Waals surface area contributed by atoms with Crippen LogP contribution in [0.4, 0.5) is 0 Å². The molecule has 0 radical (unpaired) electrons. The van der Waals surface area contributed by atoms with Crippen LogP contribution in [-0.2, 0) is 0 Å². The molecule has 3 aliphatic rings. The molecule has 1 N–H and O–H groups in total. The largest absolute Gasteiger partial charge is 0.396 e. The average molecular weight is 242 g/mol. The maximum absolute atomic E-state index is 10.0. The van der Waals surface area contributed by atoms with Crippen LogP contribution < -0.4 is 0 Å². The van der Waals surface area contributed by atoms with Crippen LogP contribution in [0.1, 0.15) is 43.6 Å². The number of aliphatic hydroxyl groups is 1. The van der Waals surface area contributed by atoms with Gasteiger partial charge in [0.05, 0.1) is 0 Å². The molecule has 1 nitrogen and oxygen atoms in total. The van der Waals surface area contributed by atoms with E-state index in [2.05, 4.69) is 30.3 Å². The maximum atomic E-state index is 10.0. The first-order valence-electron chi connectivity index (χ1n) is 7.49. The van der Waals surface area contributed by atoms with Crippen LogP contribution in [0.3, 0.4) is 0 Å². The lowest BCUT2D eigenvalue weighted by Crippen LogP contribution is -2.34. The fraction of sp³-hybridized carbons (Fsp3) is 0.647. The fourth-order valence-corrected chi connectivity index (χ4v) is 5.15. The van der Waals surface area contributed by atoms with Crippen molar-refractivity contribution in [3.05, 3.63) is 35.9 Å². The molecule has 3 aliphatic carbocycles. The van der Waals surface area contributed by atoms with E-state index in [4.69, 9.17) is 0 Å². The predicted octanol–water partition coefficient (Wildman–Crippen LogP) is 3.59. The monoisotopic (exact) mass is 242 g/mol. The van der Waals surface area contributed by atoms with Crippen molar-refractivity contribution >= 4 is 0 Å². The minimum Gasteiger partial charge on any atom is -0.396 e. The van der Waals surface area contributed by atoms with Crippen LogP contribution in [0.15, 0.2) is 30.3 Å². The van der Waals surface area contributed by atoms with Crippen LogP contribution in [-0.4, -0.2) is 11.7 Å². The van der Waals surface area contributed by atoms with Gasteiger partial charge >= 0.3 is 0 Å². The Balaban J connectivity index is 1.58. The van der Waals surface area contributed by atoms with E-state index in [0.29, 0.717) is 12.0 Å². The standard InChI is InChI=1S/C17H22O/c18-11-17(10-12-6-7-14(17)8-12)16-9-15(16)13-4-2-1-3-5-13/h1-5,12,14-16,18H,6-11H2. The zero-order chi connectivity index (χ0) is 12.2. The van der Waals surface area contributed by atoms with Crippen LogP contribution in [0.25, 0.3) is 0 Å². The molecule has 18 heavy (non-hydrogen) atoms. The minimum absolute atomic E-state index is 0.295. The highest BCUT2D eigenvalue weighted by molar-refractivity contribution is 5.28. The van der Waals surface area contributed by atoms with Crippen molar-refractivity contribution in [1.29, 1.82) is 0 Å². The van der Waals surface area contributed by atoms with Crippen molar-refractivity contribution in [2.45, 2.75) is 38.0 Å². The highest BCUT2D eigenvalue weighted by Crippen LogP contribution is 2.68. The first kappa shape index (κ1) is 11.0. The van der Waals surface area contributed by atoms with Gasteiger partial charge < -0.3 is 5.11 Å². The summed E-state index contributed by atoms with van der Waals surface area (Å²) in [5.74, 6) is 3.25. The van der Waals surface area contributed by atoms with Gasteiger partial charge in [0.1, 0.15) is 0 Å². The first-order chi connectivity index (χ1) is 8.83. The number of aliphatic hydroxyl groups excluding tert-OH is 1. The SMILES string of the molecule is OCC1(C2CC2c2ccccc2)CC2CCC1C2. The molecule has 5 unspecified atom stereocenters. The van der Waals surface area contributed by atoms with Gasteiger partial charge in [0.25, 0.3) is 0 Å². The van der Waals surface area contributed by atoms with E-state index in [1.54, 1.807) is 0 Å². The molecule has 5 atom stereocenters. The highest BCUT2D eigenvalue weighted by Gasteiger charge is 2.61. The lowest BCUT2D eigenvalue weighted by Gasteiger charge is -2.37. The molecule has 3 fully saturated rings. The molecule has 2 bridgehead atoms. The Kier molecular flexibility index (Phi) is 2.35. The van der Waals surface area contributed by atoms with Gasteiger partial charge in [-0.2, -0.15) is 0 Å². The molecule has 96 valence electrons. The summed E-state index contributed by atoms with van der Waals surface area (Å²) in [5.41, 5.74) is 1.79. The van der Waals surface area contributed by atoms with Crippen LogP contribution in [0.2, 0.25) is 0 Å². The van der Waals surface area contributed by atoms with E-state index in [1.165, 1.54) is 37.7 Å². The summed E-state index contributed by atoms with van der Waals surface area (Å²) in [7, 11) is 0. The zero-order valence-electron chi connectivity index (χ0n) is 10.9. The smallest absolute Gasteiger partial charge is 0.0493 e. The third kappa shape index (κ3) is 1.43. The van der Waals surface area contributed by atoms with Crippen molar-refractivity contribution in [3.63, 3.8) is 0 Å². The lowest BCUT2D eigenvalue weighted by atomic mass is 9.69. The third-order valence-corrected chi connectivity index (χ3v) is 6.07. The summed E-state index contributed by atoms with van der Waals surface area (Å²) in [4.78, 5) is 0. The summed E-state index contributed by atoms with van der Waals surface area (Å²) < 4.78 is 0. The van der Waals surface area contributed by atoms with Gasteiger partial charge in [-0.25, -0.2) is 0 Å². The van der Waals surface area contributed by atoms with Crippen LogP contribution in [0, 0.1) is 23.2 Å². The molecule has 0 heterocycles. The van der Waals surface area contributed by atoms with Gasteiger partial charge in [-0.3, -0.25) is 0 Å². The summed E-state index contributed by atoms with van der Waals surface area (Å²) in [6.45, 7) is 0.433. The normalized spacial score (nSPS) is 45.4. The van der Waals surface area contributed by atoms with Gasteiger partial charge in [0.15, 0.2) is 0 Å². The third-order valence-electron chi connectivity index (χ3n) is 6.07. The number of fused-ring (bicyclic) bond motifs is 2. The number of hydrogen-bond donors (Lipinski definition) is 1. The number of benzene rings is 1. The van der Waals surface area contributed by atoms with E-state index in [-0.39, 0.29) is 0 Å². The molecular formula is C17H22O. The van der Waals surface area contributed by atoms with Crippen LogP contribution in [0.5, 0.6) is 0 Å². The van der Waals surface area contributed by atoms with Crippen molar-refractivity contribution in [2.24, 2.45) is 23.2 Å². The number of rotatable bonds is 3. The van der Waals surface area contributed by atoms with Crippen molar-refractivity contribution in [2.75, 3.05) is 6.61 Å². The summed E-state index contributed by atoms with van der Waals surface area (Å²) in [6.07, 6.45) is 6.83. The van der Waals surface area contributed by atoms with Crippen molar-refractivity contribution in [1.82, 2.24) is 0 Å². The molecule has 1 heteroatoms. The lowest BCUT2D eigenvalue weighted by molar-refractivity contribution is 0.0411. The fourth-order valence-electron chi connectivity index (χ4n) is 5.15. The Morgan fingerprint density at radius 2 is 1.94 bits per heavy atom. The molecule has 0 aromatic heterocycles. The molecule has 3 saturated carbocycles. The first-order valence-corrected chi connectivity index (χ1v) is 7.49. The molecule has 1 aromatic rings. The van der Waals surface area contributed by atoms with E-state index in [9.17, 15) is 5.11 Å². The Hall–Kier alpha value is -0.820. The molecule has 0 spiro atoms. The van der Waals surface area contributed by atoms with Crippen molar-refractivity contribution in [3.8, 4) is 0 Å². The van der Waals surface area contributed by atoms with Gasteiger partial charge in [-0.15, -0.1) is 0 Å². The highest BCUT2D eigenvalue weighted by atomic mass is 16.3. The Morgan fingerprint density at radius 1 is 1.11 bits per heavy atom. The van der Waals surface area contributed by atoms with E-state index >= 15 is 0 Å². The van der Waals surface area contributed by atoms with Crippen molar-refractivity contribution < 1.29 is 5.11 Å². The zero-order valence-corrected chi connectivity index (χ0v) is 10.9. The second-order valence-corrected chi connectivity index (χ2v) is 6.83. The van der Waals surface area contributed by atoms with Gasteiger partial charge in [0, 0.05) is 6.61 Å². The maximum Gasteiger partial charge on any atom is 0.0493 e.